The van der Waals surface area contributed by atoms with Crippen LogP contribution in [0.1, 0.15) is 54.1 Å². The van der Waals surface area contributed by atoms with Crippen molar-refractivity contribution in [1.29, 1.82) is 0 Å². The van der Waals surface area contributed by atoms with Crippen LogP contribution < -0.4 is 14.4 Å². The molecule has 0 fully saturated rings. The molecular formula is C31H31F6N3O6. The van der Waals surface area contributed by atoms with Crippen molar-refractivity contribution in [3.8, 4) is 11.5 Å². The van der Waals surface area contributed by atoms with E-state index in [2.05, 4.69) is 4.98 Å². The summed E-state index contributed by atoms with van der Waals surface area (Å²) in [5, 5.41) is 0. The molecule has 0 radical (unpaired) electrons. The van der Waals surface area contributed by atoms with Crippen molar-refractivity contribution in [2.24, 2.45) is 0 Å². The maximum absolute atomic E-state index is 13.6. The fourth-order valence-electron chi connectivity index (χ4n) is 5.24. The van der Waals surface area contributed by atoms with Crippen LogP contribution in [-0.2, 0) is 35.0 Å². The highest BCUT2D eigenvalue weighted by Gasteiger charge is 2.42. The Morgan fingerprint density at radius 1 is 0.978 bits per heavy atom. The first-order chi connectivity index (χ1) is 21.7. The second kappa shape index (κ2) is 13.7. The van der Waals surface area contributed by atoms with Gasteiger partial charge >= 0.3 is 24.5 Å². The van der Waals surface area contributed by atoms with Gasteiger partial charge in [0.15, 0.2) is 11.5 Å². The van der Waals surface area contributed by atoms with Crippen LogP contribution in [0.5, 0.6) is 11.5 Å². The minimum absolute atomic E-state index is 0.0130. The van der Waals surface area contributed by atoms with Gasteiger partial charge in [-0.2, -0.15) is 26.3 Å². The molecule has 1 aliphatic rings. The molecule has 0 unspecified atom stereocenters. The molecule has 3 aromatic rings. The summed E-state index contributed by atoms with van der Waals surface area (Å²) < 4.78 is 103. The third kappa shape index (κ3) is 7.57. The molecule has 0 aliphatic carbocycles. The van der Waals surface area contributed by atoms with Gasteiger partial charge in [0.2, 0.25) is 0 Å². The number of aromatic nitrogens is 1. The van der Waals surface area contributed by atoms with Crippen molar-refractivity contribution < 1.29 is 54.9 Å². The Balaban J connectivity index is 1.84. The standard InChI is InChI=1S/C31H31F6N3O6/c1-5-45-29(42)40-18(2)9-24(23-13-26(43-3)27(14-25(23)40)46-17-19-7-6-8-38-15-19)39(28(41)44-4)16-20-10-21(30(32,33)34)12-22(11-20)31(35,36)37/h6-8,10-15,18,24H,5,9,16-17H2,1-4H3/t18-,24+/m1/s1. The third-order valence-electron chi connectivity index (χ3n) is 7.30. The smallest absolute Gasteiger partial charge is 0.416 e. The highest BCUT2D eigenvalue weighted by molar-refractivity contribution is 5.91. The summed E-state index contributed by atoms with van der Waals surface area (Å²) in [4.78, 5) is 32.7. The van der Waals surface area contributed by atoms with Gasteiger partial charge in [-0.1, -0.05) is 6.07 Å². The lowest BCUT2D eigenvalue weighted by molar-refractivity contribution is -0.143. The number of carbonyl (C=O) groups excluding carboxylic acids is 2. The fraction of sp³-hybridized carbons (Fsp3) is 0.387. The van der Waals surface area contributed by atoms with Crippen LogP contribution in [0.3, 0.4) is 0 Å². The Morgan fingerprint density at radius 3 is 2.20 bits per heavy atom. The number of carbonyl (C=O) groups is 2. The number of hydrogen-bond donors (Lipinski definition) is 0. The number of nitrogens with zero attached hydrogens (tertiary/aromatic N) is 3. The Hall–Kier alpha value is -4.69. The van der Waals surface area contributed by atoms with E-state index in [1.807, 2.05) is 0 Å². The van der Waals surface area contributed by atoms with Crippen molar-refractivity contribution in [3.05, 3.63) is 82.7 Å². The van der Waals surface area contributed by atoms with Crippen molar-refractivity contribution in [1.82, 2.24) is 9.88 Å². The summed E-state index contributed by atoms with van der Waals surface area (Å²) in [6, 6.07) is 5.99. The minimum atomic E-state index is -5.09. The number of rotatable bonds is 8. The van der Waals surface area contributed by atoms with Crippen molar-refractivity contribution in [3.63, 3.8) is 0 Å². The van der Waals surface area contributed by atoms with Crippen molar-refractivity contribution >= 4 is 17.9 Å². The van der Waals surface area contributed by atoms with E-state index in [-0.39, 0.29) is 42.9 Å². The molecule has 46 heavy (non-hydrogen) atoms. The zero-order chi connectivity index (χ0) is 33.8. The third-order valence-corrected chi connectivity index (χ3v) is 7.30. The maximum Gasteiger partial charge on any atom is 0.416 e. The van der Waals surface area contributed by atoms with Gasteiger partial charge in [-0.25, -0.2) is 9.59 Å². The summed E-state index contributed by atoms with van der Waals surface area (Å²) in [7, 11) is 2.40. The lowest BCUT2D eigenvalue weighted by Gasteiger charge is -2.42. The number of methoxy groups -OCH3 is 2. The van der Waals surface area contributed by atoms with Crippen LogP contribution in [0.25, 0.3) is 0 Å². The van der Waals surface area contributed by atoms with E-state index in [1.165, 1.54) is 24.1 Å². The number of halogens is 6. The molecule has 0 spiro atoms. The Kier molecular flexibility index (Phi) is 10.2. The van der Waals surface area contributed by atoms with Crippen LogP contribution >= 0.6 is 0 Å². The van der Waals surface area contributed by atoms with E-state index >= 15 is 0 Å². The molecule has 2 amide bonds. The average Bonchev–Trinajstić information content (AvgIpc) is 3.01. The Bertz CT molecular complexity index is 1520. The van der Waals surface area contributed by atoms with E-state index < -0.39 is 59.9 Å². The predicted octanol–water partition coefficient (Wildman–Crippen LogP) is 7.77. The van der Waals surface area contributed by atoms with Gasteiger partial charge < -0.3 is 18.9 Å². The fourth-order valence-corrected chi connectivity index (χ4v) is 5.24. The highest BCUT2D eigenvalue weighted by atomic mass is 19.4. The first kappa shape index (κ1) is 34.2. The summed E-state index contributed by atoms with van der Waals surface area (Å²) >= 11 is 0. The Labute approximate surface area is 260 Å². The number of alkyl halides is 6. The average molecular weight is 656 g/mol. The van der Waals surface area contributed by atoms with Gasteiger partial charge in [-0.3, -0.25) is 14.8 Å². The molecule has 2 aromatic carbocycles. The number of fused-ring (bicyclic) bond motifs is 1. The normalized spacial score (nSPS) is 16.3. The van der Waals surface area contributed by atoms with Gasteiger partial charge in [0.1, 0.15) is 6.61 Å². The number of benzene rings is 2. The maximum atomic E-state index is 13.6. The lowest BCUT2D eigenvalue weighted by atomic mass is 9.90. The molecule has 2 atom stereocenters. The van der Waals surface area contributed by atoms with Crippen LogP contribution in [-0.4, -0.2) is 48.9 Å². The molecule has 9 nitrogen and oxygen atoms in total. The summed E-state index contributed by atoms with van der Waals surface area (Å²) in [6.07, 6.45) is -8.69. The quantitative estimate of drug-likeness (QED) is 0.229. The SMILES string of the molecule is CCOC(=O)N1c2cc(OCc3cccnc3)c(OC)cc2[C@@H](N(Cc2cc(C(F)(F)F)cc(C(F)(F)F)c2)C(=O)OC)C[C@H]1C. The number of amides is 2. The van der Waals surface area contributed by atoms with E-state index in [4.69, 9.17) is 18.9 Å². The first-order valence-electron chi connectivity index (χ1n) is 14.0. The largest absolute Gasteiger partial charge is 0.493 e. The molecular weight excluding hydrogens is 624 g/mol. The second-order valence-electron chi connectivity index (χ2n) is 10.4. The molecule has 0 saturated heterocycles. The molecule has 0 saturated carbocycles. The second-order valence-corrected chi connectivity index (χ2v) is 10.4. The molecule has 15 heteroatoms. The monoisotopic (exact) mass is 655 g/mol. The highest BCUT2D eigenvalue weighted by Crippen LogP contribution is 2.47. The van der Waals surface area contributed by atoms with Gasteiger partial charge in [0.05, 0.1) is 43.7 Å². The van der Waals surface area contributed by atoms with Crippen molar-refractivity contribution in [2.75, 3.05) is 25.7 Å². The van der Waals surface area contributed by atoms with Crippen LogP contribution in [0, 0.1) is 0 Å². The topological polar surface area (TPSA) is 90.4 Å². The van der Waals surface area contributed by atoms with Crippen LogP contribution in [0.2, 0.25) is 0 Å². The van der Waals surface area contributed by atoms with E-state index in [0.717, 1.165) is 17.6 Å². The van der Waals surface area contributed by atoms with Gasteiger partial charge in [-0.15, -0.1) is 0 Å². The Morgan fingerprint density at radius 2 is 1.65 bits per heavy atom. The summed E-state index contributed by atoms with van der Waals surface area (Å²) in [5.41, 5.74) is -2.22. The minimum Gasteiger partial charge on any atom is -0.493 e. The molecule has 248 valence electrons. The van der Waals surface area contributed by atoms with Gasteiger partial charge in [0, 0.05) is 42.2 Å². The molecule has 4 rings (SSSR count). The van der Waals surface area contributed by atoms with Crippen LogP contribution in [0.15, 0.2) is 54.9 Å². The molecule has 0 N–H and O–H groups in total. The van der Waals surface area contributed by atoms with E-state index in [1.54, 1.807) is 38.4 Å². The summed E-state index contributed by atoms with van der Waals surface area (Å²) in [5.74, 6) is 0.402. The molecule has 1 aliphatic heterocycles. The van der Waals surface area contributed by atoms with E-state index in [0.29, 0.717) is 17.7 Å². The number of pyridine rings is 1. The predicted molar refractivity (Wildman–Crippen MR) is 152 cm³/mol. The van der Waals surface area contributed by atoms with Gasteiger partial charge in [0.25, 0.3) is 0 Å². The van der Waals surface area contributed by atoms with E-state index in [9.17, 15) is 35.9 Å². The number of ether oxygens (including phenoxy) is 4. The number of anilines is 1. The lowest BCUT2D eigenvalue weighted by Crippen LogP contribution is -2.47. The molecule has 2 heterocycles. The first-order valence-corrected chi connectivity index (χ1v) is 14.0. The van der Waals surface area contributed by atoms with Crippen molar-refractivity contribution in [2.45, 2.75) is 57.9 Å². The molecule has 0 bridgehead atoms. The molecule has 1 aromatic heterocycles. The van der Waals surface area contributed by atoms with Crippen LogP contribution in [0.4, 0.5) is 41.6 Å². The zero-order valence-electron chi connectivity index (χ0n) is 25.2. The van der Waals surface area contributed by atoms with Gasteiger partial charge in [-0.05, 0) is 56.2 Å². The number of hydrogen-bond acceptors (Lipinski definition) is 7. The summed E-state index contributed by atoms with van der Waals surface area (Å²) in [6.45, 7) is 2.72. The zero-order valence-corrected chi connectivity index (χ0v) is 25.2.